The van der Waals surface area contributed by atoms with E-state index in [1.807, 2.05) is 0 Å². The summed E-state index contributed by atoms with van der Waals surface area (Å²) in [6, 6.07) is 0. The summed E-state index contributed by atoms with van der Waals surface area (Å²) in [4.78, 5) is 40.7. The zero-order valence-corrected chi connectivity index (χ0v) is 10.7. The van der Waals surface area contributed by atoms with Crippen LogP contribution in [0, 0.1) is 31.1 Å². The molecule has 0 atom stereocenters. The maximum atomic E-state index is 12.1. The van der Waals surface area contributed by atoms with Crippen LogP contribution in [0.25, 0.3) is 0 Å². The molecule has 0 saturated heterocycles. The molecule has 0 aromatic heterocycles. The maximum absolute atomic E-state index is 12.1. The van der Waals surface area contributed by atoms with Crippen molar-refractivity contribution in [1.29, 1.82) is 0 Å². The van der Waals surface area contributed by atoms with Gasteiger partial charge in [-0.15, -0.1) is 20.2 Å². The summed E-state index contributed by atoms with van der Waals surface area (Å²) in [5.41, 5.74) is -2.28. The Labute approximate surface area is 103 Å². The van der Waals surface area contributed by atoms with E-state index in [0.29, 0.717) is 0 Å². The lowest BCUT2D eigenvalue weighted by Gasteiger charge is -2.32. The van der Waals surface area contributed by atoms with Gasteiger partial charge in [-0.3, -0.25) is 4.79 Å². The molecule has 0 saturated carbocycles. The van der Waals surface area contributed by atoms with Gasteiger partial charge in [-0.1, -0.05) is 20.8 Å². The number of carbonyl (C=O) groups is 1. The third-order valence-corrected chi connectivity index (χ3v) is 2.21. The first-order valence-corrected chi connectivity index (χ1v) is 5.08. The van der Waals surface area contributed by atoms with E-state index in [1.54, 1.807) is 20.8 Å². The van der Waals surface area contributed by atoms with Gasteiger partial charge in [0.2, 0.25) is 0 Å². The van der Waals surface area contributed by atoms with Gasteiger partial charge in [0.15, 0.2) is 0 Å². The Morgan fingerprint density at radius 1 is 1.00 bits per heavy atom. The van der Waals surface area contributed by atoms with E-state index in [-0.39, 0.29) is 0 Å². The minimum Gasteiger partial charge on any atom is -0.313 e. The first kappa shape index (κ1) is 16.1. The van der Waals surface area contributed by atoms with Crippen LogP contribution in [-0.2, 0) is 14.5 Å². The molecule has 0 aliphatic heterocycles. The van der Waals surface area contributed by atoms with Gasteiger partial charge in [-0.05, 0) is 6.92 Å². The summed E-state index contributed by atoms with van der Waals surface area (Å²) in [5.74, 6) is -0.418. The molecule has 104 valence electrons. The van der Waals surface area contributed by atoms with Crippen molar-refractivity contribution in [1.82, 2.24) is 0 Å². The molecule has 9 heteroatoms. The second kappa shape index (κ2) is 5.61. The smallest absolute Gasteiger partial charge is 0.294 e. The number of hydrogen-bond donors (Lipinski definition) is 0. The lowest BCUT2D eigenvalue weighted by atomic mass is 9.74. The highest BCUT2D eigenvalue weighted by molar-refractivity contribution is 5.89. The molecule has 0 heterocycles. The monoisotopic (exact) mass is 264 g/mol. The van der Waals surface area contributed by atoms with E-state index in [2.05, 4.69) is 9.68 Å². The first-order valence-electron chi connectivity index (χ1n) is 5.08. The lowest BCUT2D eigenvalue weighted by Crippen LogP contribution is -2.44. The molecule has 0 aromatic carbocycles. The maximum Gasteiger partial charge on any atom is 0.294 e. The van der Waals surface area contributed by atoms with Crippen LogP contribution in [-0.4, -0.2) is 29.2 Å². The highest BCUT2D eigenvalue weighted by atomic mass is 17.0. The first-order chi connectivity index (χ1) is 7.99. The molecule has 0 bridgehead atoms. The van der Waals surface area contributed by atoms with Crippen LogP contribution in [0.1, 0.15) is 27.7 Å². The Bertz CT molecular complexity index is 329. The molecule has 0 radical (unpaired) electrons. The van der Waals surface area contributed by atoms with Crippen molar-refractivity contribution < 1.29 is 24.6 Å². The molecule has 0 aliphatic carbocycles. The van der Waals surface area contributed by atoms with Crippen molar-refractivity contribution in [3.8, 4) is 0 Å². The van der Waals surface area contributed by atoms with Crippen molar-refractivity contribution in [3.05, 3.63) is 20.2 Å². The van der Waals surface area contributed by atoms with Crippen LogP contribution in [0.4, 0.5) is 0 Å². The number of carbonyl (C=O) groups excluding carboxylic acids is 1. The Kier molecular flexibility index (Phi) is 5.00. The molecule has 0 N–H and O–H groups in total. The lowest BCUT2D eigenvalue weighted by molar-refractivity contribution is -0.770. The van der Waals surface area contributed by atoms with Gasteiger partial charge in [0.25, 0.3) is 10.2 Å². The number of rotatable bonds is 7. The molecule has 0 rings (SSSR count). The highest BCUT2D eigenvalue weighted by Crippen LogP contribution is 2.30. The highest BCUT2D eigenvalue weighted by Gasteiger charge is 2.41. The van der Waals surface area contributed by atoms with E-state index in [0.717, 1.165) is 0 Å². The normalized spacial score (nSPS) is 11.8. The quantitative estimate of drug-likeness (QED) is 0.497. The Morgan fingerprint density at radius 3 is 1.56 bits per heavy atom. The fraction of sp³-hybridized carbons (Fsp3) is 0.889. The number of hydrogen-bond acceptors (Lipinski definition) is 7. The predicted molar refractivity (Wildman–Crippen MR) is 58.5 cm³/mol. The number of nitrogens with zero attached hydrogens (tertiary/aromatic N) is 2. The SMILES string of the molecule is CC(C)(C)C(=O)C(C)(CO[N+](=O)[O-])CO[N+](=O)[O-]. The van der Waals surface area contributed by atoms with Crippen LogP contribution in [0.2, 0.25) is 0 Å². The molecule has 0 aromatic rings. The van der Waals surface area contributed by atoms with Crippen molar-refractivity contribution in [2.24, 2.45) is 10.8 Å². The van der Waals surface area contributed by atoms with Crippen molar-refractivity contribution in [3.63, 3.8) is 0 Å². The van der Waals surface area contributed by atoms with Crippen LogP contribution >= 0.6 is 0 Å². The summed E-state index contributed by atoms with van der Waals surface area (Å²) in [6.45, 7) is 4.95. The fourth-order valence-corrected chi connectivity index (χ4v) is 1.47. The third kappa shape index (κ3) is 4.93. The van der Waals surface area contributed by atoms with Gasteiger partial charge in [0.05, 0.1) is 5.41 Å². The fourth-order valence-electron chi connectivity index (χ4n) is 1.47. The molecule has 0 amide bonds. The largest absolute Gasteiger partial charge is 0.313 e. The summed E-state index contributed by atoms with van der Waals surface area (Å²) in [7, 11) is 0. The van der Waals surface area contributed by atoms with E-state index < -0.39 is 40.0 Å². The van der Waals surface area contributed by atoms with E-state index >= 15 is 0 Å². The third-order valence-electron chi connectivity index (χ3n) is 2.21. The van der Waals surface area contributed by atoms with E-state index in [4.69, 9.17) is 0 Å². The van der Waals surface area contributed by atoms with Crippen LogP contribution in [0.15, 0.2) is 0 Å². The Balaban J connectivity index is 4.95. The average Bonchev–Trinajstić information content (AvgIpc) is 2.21. The molecular formula is C9H16N2O7. The molecule has 0 unspecified atom stereocenters. The minimum atomic E-state index is -1.46. The number of ketones is 1. The van der Waals surface area contributed by atoms with E-state index in [1.165, 1.54) is 6.92 Å². The Morgan fingerprint density at radius 2 is 1.33 bits per heavy atom. The molecule has 0 aliphatic rings. The molecule has 0 spiro atoms. The van der Waals surface area contributed by atoms with Crippen molar-refractivity contribution in [2.45, 2.75) is 27.7 Å². The summed E-state index contributed by atoms with van der Waals surface area (Å²) >= 11 is 0. The zero-order chi connectivity index (χ0) is 14.6. The molecule has 9 nitrogen and oxygen atoms in total. The van der Waals surface area contributed by atoms with E-state index in [9.17, 15) is 25.0 Å². The van der Waals surface area contributed by atoms with Crippen LogP contribution in [0.5, 0.6) is 0 Å². The number of Topliss-reactive ketones (excluding diaryl/α,β-unsaturated/α-hetero) is 1. The Hall–Kier alpha value is -1.93. The molecule has 0 fully saturated rings. The van der Waals surface area contributed by atoms with Gasteiger partial charge in [-0.25, -0.2) is 0 Å². The van der Waals surface area contributed by atoms with Crippen LogP contribution in [0.3, 0.4) is 0 Å². The van der Waals surface area contributed by atoms with Gasteiger partial charge in [0, 0.05) is 5.41 Å². The second-order valence-electron chi connectivity index (χ2n) is 5.13. The van der Waals surface area contributed by atoms with Gasteiger partial charge < -0.3 is 9.68 Å². The van der Waals surface area contributed by atoms with Gasteiger partial charge in [-0.2, -0.15) is 0 Å². The standard InChI is InChI=1S/C9H16N2O7/c1-8(2,3)7(12)9(4,5-17-10(13)14)6-18-11(15)16/h5-6H2,1-4H3. The van der Waals surface area contributed by atoms with Gasteiger partial charge in [0.1, 0.15) is 19.0 Å². The average molecular weight is 264 g/mol. The second-order valence-corrected chi connectivity index (χ2v) is 5.13. The minimum absolute atomic E-state index is 0.418. The van der Waals surface area contributed by atoms with Gasteiger partial charge >= 0.3 is 0 Å². The summed E-state index contributed by atoms with van der Waals surface area (Å²) < 4.78 is 0. The van der Waals surface area contributed by atoms with Crippen LogP contribution < -0.4 is 0 Å². The summed E-state index contributed by atoms with van der Waals surface area (Å²) in [6.07, 6.45) is 0. The summed E-state index contributed by atoms with van der Waals surface area (Å²) in [5, 5.41) is 18.2. The zero-order valence-electron chi connectivity index (χ0n) is 10.7. The molecule has 18 heavy (non-hydrogen) atoms. The van der Waals surface area contributed by atoms with Crippen molar-refractivity contribution >= 4 is 5.78 Å². The predicted octanol–water partition coefficient (Wildman–Crippen LogP) is 1.02. The molecular weight excluding hydrogens is 248 g/mol. The van der Waals surface area contributed by atoms with Crippen molar-refractivity contribution in [2.75, 3.05) is 13.2 Å². The topological polar surface area (TPSA) is 122 Å².